The maximum Gasteiger partial charge on any atom is 0.310 e. The zero-order chi connectivity index (χ0) is 40.4. The fourth-order valence-electron chi connectivity index (χ4n) is 5.14. The summed E-state index contributed by atoms with van der Waals surface area (Å²) in [5.41, 5.74) is 0. The summed E-state index contributed by atoms with van der Waals surface area (Å²) in [5, 5.41) is 51.6. The van der Waals surface area contributed by atoms with Crippen LogP contribution in [0.25, 0.3) is 0 Å². The van der Waals surface area contributed by atoms with Crippen LogP contribution in [0.1, 0.15) is 90.9 Å². The number of hydrogen-bond acceptors (Lipinski definition) is 10. The molecule has 0 aromatic rings. The molecule has 0 aromatic heterocycles. The molecule has 1 aliphatic heterocycles. The van der Waals surface area contributed by atoms with Crippen molar-refractivity contribution in [3.8, 4) is 0 Å². The Morgan fingerprint density at radius 2 is 0.909 bits per heavy atom. The van der Waals surface area contributed by atoms with Crippen LogP contribution in [0, 0.1) is 0 Å². The predicted octanol–water partition coefficient (Wildman–Crippen LogP) is 6.93. The number of esters is 2. The van der Waals surface area contributed by atoms with Gasteiger partial charge in [0.2, 0.25) is 0 Å². The fourth-order valence-corrected chi connectivity index (χ4v) is 5.14. The molecule has 10 nitrogen and oxygen atoms in total. The van der Waals surface area contributed by atoms with Gasteiger partial charge in [-0.1, -0.05) is 135 Å². The minimum absolute atomic E-state index is 0.0651. The molecule has 55 heavy (non-hydrogen) atoms. The van der Waals surface area contributed by atoms with Crippen molar-refractivity contribution >= 4 is 11.9 Å². The molecule has 0 aliphatic carbocycles. The van der Waals surface area contributed by atoms with Gasteiger partial charge < -0.3 is 39.7 Å². The van der Waals surface area contributed by atoms with E-state index < -0.39 is 67.9 Å². The normalized spacial score (nSPS) is 22.5. The Labute approximate surface area is 329 Å². The standard InChI is InChI=1S/C45H66O10/c1-3-5-7-9-11-13-15-17-19-21-23-25-27-29-31-33-39(47)53-36-38(42(50)45-44(52)43(51)41(49)37(35-46)55-45)54-40(48)34-32-30-28-26-24-22-20-18-16-14-12-10-8-6-4-2/h5-8,11-14,17-20,23-26,29-32,37-38,41-46,49-52H,3-4,9-10,15-16,21-22,27-28,33-36H2,1-2H3/t37-,38?,41+,42?,43+,44-,45?/m0/s1. The maximum absolute atomic E-state index is 12.7. The van der Waals surface area contributed by atoms with Crippen molar-refractivity contribution in [2.75, 3.05) is 13.2 Å². The Kier molecular flexibility index (Phi) is 29.9. The summed E-state index contributed by atoms with van der Waals surface area (Å²) >= 11 is 0. The molecule has 1 saturated heterocycles. The Balaban J connectivity index is 2.62. The number of ether oxygens (including phenoxy) is 3. The summed E-state index contributed by atoms with van der Waals surface area (Å²) in [6, 6.07) is 0. The van der Waals surface area contributed by atoms with E-state index in [1.54, 1.807) is 18.2 Å². The summed E-state index contributed by atoms with van der Waals surface area (Å²) in [5.74, 6) is -1.37. The van der Waals surface area contributed by atoms with E-state index in [-0.39, 0.29) is 12.8 Å². The van der Waals surface area contributed by atoms with Gasteiger partial charge in [0.15, 0.2) is 6.10 Å². The summed E-state index contributed by atoms with van der Waals surface area (Å²) < 4.78 is 16.2. The van der Waals surface area contributed by atoms with Crippen LogP contribution in [0.3, 0.4) is 0 Å². The molecule has 5 N–H and O–H groups in total. The highest BCUT2D eigenvalue weighted by Crippen LogP contribution is 2.25. The van der Waals surface area contributed by atoms with Gasteiger partial charge in [0.05, 0.1) is 19.4 Å². The highest BCUT2D eigenvalue weighted by molar-refractivity contribution is 5.72. The molecule has 0 spiro atoms. The molecule has 0 saturated carbocycles. The lowest BCUT2D eigenvalue weighted by Gasteiger charge is -2.42. The van der Waals surface area contributed by atoms with Crippen LogP contribution in [0.2, 0.25) is 0 Å². The molecule has 3 unspecified atom stereocenters. The minimum atomic E-state index is -1.78. The molecule has 0 radical (unpaired) electrons. The van der Waals surface area contributed by atoms with Crippen molar-refractivity contribution in [1.29, 1.82) is 0 Å². The molecule has 306 valence electrons. The van der Waals surface area contributed by atoms with Crippen molar-refractivity contribution in [3.63, 3.8) is 0 Å². The van der Waals surface area contributed by atoms with Gasteiger partial charge in [-0.15, -0.1) is 0 Å². The van der Waals surface area contributed by atoms with Gasteiger partial charge in [-0.3, -0.25) is 9.59 Å². The van der Waals surface area contributed by atoms with Gasteiger partial charge >= 0.3 is 11.9 Å². The van der Waals surface area contributed by atoms with E-state index in [2.05, 4.69) is 86.8 Å². The topological polar surface area (TPSA) is 163 Å². The van der Waals surface area contributed by atoms with Gasteiger partial charge in [0, 0.05) is 0 Å². The lowest BCUT2D eigenvalue weighted by Crippen LogP contribution is -2.63. The third-order valence-corrected chi connectivity index (χ3v) is 8.22. The van der Waals surface area contributed by atoms with E-state index in [9.17, 15) is 35.1 Å². The lowest BCUT2D eigenvalue weighted by atomic mass is 9.90. The molecule has 0 amide bonds. The molecule has 1 aliphatic rings. The van der Waals surface area contributed by atoms with Crippen molar-refractivity contribution in [2.45, 2.75) is 134 Å². The van der Waals surface area contributed by atoms with Crippen LogP contribution in [0.4, 0.5) is 0 Å². The monoisotopic (exact) mass is 766 g/mol. The van der Waals surface area contributed by atoms with Crippen LogP contribution >= 0.6 is 0 Å². The number of aliphatic hydroxyl groups is 5. The number of carbonyl (C=O) groups is 2. The quantitative estimate of drug-likeness (QED) is 0.0417. The summed E-state index contributed by atoms with van der Waals surface area (Å²) in [4.78, 5) is 25.3. The van der Waals surface area contributed by atoms with Crippen LogP contribution < -0.4 is 0 Å². The van der Waals surface area contributed by atoms with Crippen LogP contribution in [0.15, 0.2) is 122 Å². The number of aliphatic hydroxyl groups excluding tert-OH is 5. The molecule has 7 atom stereocenters. The van der Waals surface area contributed by atoms with Gasteiger partial charge in [-0.2, -0.15) is 0 Å². The van der Waals surface area contributed by atoms with Gasteiger partial charge in [-0.05, 0) is 64.2 Å². The highest BCUT2D eigenvalue weighted by Gasteiger charge is 2.48. The molecule has 0 aromatic carbocycles. The first kappa shape index (κ1) is 49.1. The van der Waals surface area contributed by atoms with Gasteiger partial charge in [0.1, 0.15) is 43.2 Å². The largest absolute Gasteiger partial charge is 0.461 e. The zero-order valence-corrected chi connectivity index (χ0v) is 32.8. The van der Waals surface area contributed by atoms with E-state index in [1.165, 1.54) is 0 Å². The van der Waals surface area contributed by atoms with E-state index in [4.69, 9.17) is 14.2 Å². The van der Waals surface area contributed by atoms with Crippen molar-refractivity contribution in [3.05, 3.63) is 122 Å². The number of hydrogen-bond donors (Lipinski definition) is 5. The van der Waals surface area contributed by atoms with Crippen molar-refractivity contribution < 1.29 is 49.3 Å². The Bertz CT molecular complexity index is 1320. The van der Waals surface area contributed by atoms with Crippen LogP contribution in [0.5, 0.6) is 0 Å². The Hall–Kier alpha value is -3.90. The van der Waals surface area contributed by atoms with Crippen molar-refractivity contribution in [1.82, 2.24) is 0 Å². The maximum atomic E-state index is 12.7. The average molecular weight is 767 g/mol. The van der Waals surface area contributed by atoms with E-state index in [0.29, 0.717) is 12.8 Å². The zero-order valence-electron chi connectivity index (χ0n) is 32.8. The molecule has 1 fully saturated rings. The van der Waals surface area contributed by atoms with Gasteiger partial charge in [0.25, 0.3) is 0 Å². The first-order chi connectivity index (χ1) is 26.8. The van der Waals surface area contributed by atoms with E-state index in [1.807, 2.05) is 30.4 Å². The first-order valence-electron chi connectivity index (χ1n) is 19.6. The summed E-state index contributed by atoms with van der Waals surface area (Å²) in [6.07, 6.45) is 37.5. The third kappa shape index (κ3) is 24.3. The second kappa shape index (κ2) is 33.4. The number of rotatable bonds is 28. The fraction of sp³-hybridized carbons (Fsp3) is 0.511. The SMILES string of the molecule is CCC=CCC=CCC=CCC=CCC=CCC(=O)OCC(OC(=O)CC=CCC=CCC=CCC=CCC=CCC)C(O)C1O[C@@H](CO)[C@@H](O)[C@@H](O)[C@@H]1O. The summed E-state index contributed by atoms with van der Waals surface area (Å²) in [6.45, 7) is 2.96. The second-order valence-corrected chi connectivity index (χ2v) is 12.8. The number of carbonyl (C=O) groups excluding carboxylic acids is 2. The molecule has 1 rings (SSSR count). The lowest BCUT2D eigenvalue weighted by molar-refractivity contribution is -0.260. The Morgan fingerprint density at radius 3 is 1.29 bits per heavy atom. The summed E-state index contributed by atoms with van der Waals surface area (Å²) in [7, 11) is 0. The van der Waals surface area contributed by atoms with Crippen LogP contribution in [-0.2, 0) is 23.8 Å². The van der Waals surface area contributed by atoms with Gasteiger partial charge in [-0.25, -0.2) is 0 Å². The minimum Gasteiger partial charge on any atom is -0.461 e. The van der Waals surface area contributed by atoms with E-state index >= 15 is 0 Å². The first-order valence-corrected chi connectivity index (χ1v) is 19.6. The average Bonchev–Trinajstić information content (AvgIpc) is 3.18. The molecular formula is C45H66O10. The second-order valence-electron chi connectivity index (χ2n) is 12.8. The van der Waals surface area contributed by atoms with Crippen molar-refractivity contribution in [2.24, 2.45) is 0 Å². The highest BCUT2D eigenvalue weighted by atomic mass is 16.6. The molecular weight excluding hydrogens is 700 g/mol. The number of allylic oxidation sites excluding steroid dienone is 18. The predicted molar refractivity (Wildman–Crippen MR) is 219 cm³/mol. The molecule has 1 heterocycles. The van der Waals surface area contributed by atoms with Crippen LogP contribution in [-0.4, -0.2) is 93.4 Å². The molecule has 10 heteroatoms. The Morgan fingerprint density at radius 1 is 0.545 bits per heavy atom. The smallest absolute Gasteiger partial charge is 0.310 e. The third-order valence-electron chi connectivity index (χ3n) is 8.22. The molecule has 0 bridgehead atoms. The van der Waals surface area contributed by atoms with E-state index in [0.717, 1.165) is 51.4 Å².